The van der Waals surface area contributed by atoms with E-state index in [-0.39, 0.29) is 0 Å². The Bertz CT molecular complexity index is 890. The topological polar surface area (TPSA) is 10.9 Å². The third kappa shape index (κ3) is 2.51. The van der Waals surface area contributed by atoms with Gasteiger partial charge in [-0.25, -0.2) is 0 Å². The Kier molecular flexibility index (Phi) is 3.46. The van der Waals surface area contributed by atoms with Gasteiger partial charge in [0.05, 0.1) is 22.3 Å². The number of alkyl halides is 3. The molecule has 3 nitrogen and oxygen atoms in total. The molecule has 0 amide bonds. The summed E-state index contributed by atoms with van der Waals surface area (Å²) in [7, 11) is 2.08. The molecule has 1 fully saturated rings. The number of nitrogens with zero attached hydrogens (tertiary/aromatic N) is 3. The zero-order chi connectivity index (χ0) is 16.9. The van der Waals surface area contributed by atoms with Crippen LogP contribution in [0.3, 0.4) is 0 Å². The van der Waals surface area contributed by atoms with E-state index in [1.165, 1.54) is 6.07 Å². The van der Waals surface area contributed by atoms with E-state index in [1.807, 2.05) is 28.8 Å². The second kappa shape index (κ2) is 5.41. The number of aromatic nitrogens is 1. The maximum Gasteiger partial charge on any atom is 0.416 e. The molecule has 4 rings (SSSR count). The molecule has 2 aromatic heterocycles. The largest absolute Gasteiger partial charge is 0.416 e. The average molecular weight is 333 g/mol. The summed E-state index contributed by atoms with van der Waals surface area (Å²) in [6, 6.07) is 9.80. The number of likely N-dealkylation sites (N-methyl/N-ethyl adjacent to an activating group) is 1. The lowest BCUT2D eigenvalue weighted by Crippen LogP contribution is -2.44. The molecule has 0 saturated carbocycles. The quantitative estimate of drug-likeness (QED) is 0.670. The molecule has 0 unspecified atom stereocenters. The molecule has 6 heteroatoms. The van der Waals surface area contributed by atoms with Gasteiger partial charge in [0.15, 0.2) is 0 Å². The van der Waals surface area contributed by atoms with E-state index >= 15 is 0 Å². The van der Waals surface area contributed by atoms with Crippen LogP contribution in [0.25, 0.3) is 16.4 Å². The molecule has 0 radical (unpaired) electrons. The minimum Gasteiger partial charge on any atom is -0.367 e. The number of piperazine rings is 1. The maximum atomic E-state index is 13.0. The first-order valence-electron chi connectivity index (χ1n) is 7.98. The van der Waals surface area contributed by atoms with Crippen LogP contribution >= 0.6 is 0 Å². The van der Waals surface area contributed by atoms with Crippen LogP contribution in [0.15, 0.2) is 42.6 Å². The first kappa shape index (κ1) is 15.3. The maximum absolute atomic E-state index is 13.0. The van der Waals surface area contributed by atoms with Crippen molar-refractivity contribution in [2.24, 2.45) is 0 Å². The van der Waals surface area contributed by atoms with Gasteiger partial charge in [0.2, 0.25) is 0 Å². The Hall–Kier alpha value is -2.21. The smallest absolute Gasteiger partial charge is 0.367 e. The first-order chi connectivity index (χ1) is 11.4. The highest BCUT2D eigenvalue weighted by molar-refractivity contribution is 5.91. The summed E-state index contributed by atoms with van der Waals surface area (Å²) in [5.41, 5.74) is 2.22. The molecule has 0 N–H and O–H groups in total. The van der Waals surface area contributed by atoms with Gasteiger partial charge < -0.3 is 14.2 Å². The van der Waals surface area contributed by atoms with Crippen LogP contribution in [0.5, 0.6) is 0 Å². The lowest BCUT2D eigenvalue weighted by Gasteiger charge is -2.34. The fourth-order valence-corrected chi connectivity index (χ4v) is 3.39. The molecular weight excluding hydrogens is 315 g/mol. The Balaban J connectivity index is 1.90. The molecule has 1 saturated heterocycles. The highest BCUT2D eigenvalue weighted by Crippen LogP contribution is 2.34. The van der Waals surface area contributed by atoms with Gasteiger partial charge in [-0.15, -0.1) is 0 Å². The van der Waals surface area contributed by atoms with Crippen molar-refractivity contribution in [1.29, 1.82) is 0 Å². The molecule has 126 valence electrons. The van der Waals surface area contributed by atoms with Gasteiger partial charge in [-0.1, -0.05) is 0 Å². The summed E-state index contributed by atoms with van der Waals surface area (Å²) >= 11 is 0. The van der Waals surface area contributed by atoms with Crippen LogP contribution in [-0.4, -0.2) is 42.5 Å². The van der Waals surface area contributed by atoms with Crippen molar-refractivity contribution < 1.29 is 13.2 Å². The molecule has 0 spiro atoms. The predicted octanol–water partition coefficient (Wildman–Crippen LogP) is 3.86. The normalized spacial score (nSPS) is 17.1. The van der Waals surface area contributed by atoms with Crippen molar-refractivity contribution in [3.8, 4) is 0 Å². The molecular formula is C18H18F3N3. The van der Waals surface area contributed by atoms with Crippen molar-refractivity contribution in [3.05, 3.63) is 48.2 Å². The van der Waals surface area contributed by atoms with Crippen LogP contribution < -0.4 is 4.90 Å². The standard InChI is InChI=1S/C18H18F3N3/c1-22-7-9-23(10-8-22)17-12-13-11-14(18(19,20)21)4-5-15(13)24-6-2-3-16(17)24/h2-6,11-12H,7-10H2,1H3. The van der Waals surface area contributed by atoms with E-state index in [0.29, 0.717) is 5.39 Å². The molecule has 1 aromatic carbocycles. The van der Waals surface area contributed by atoms with Crippen LogP contribution in [0.1, 0.15) is 5.56 Å². The number of pyridine rings is 1. The third-order valence-electron chi connectivity index (χ3n) is 4.76. The monoisotopic (exact) mass is 333 g/mol. The number of benzene rings is 1. The zero-order valence-corrected chi connectivity index (χ0v) is 13.3. The number of hydrogen-bond acceptors (Lipinski definition) is 2. The number of fused-ring (bicyclic) bond motifs is 3. The Labute approximate surface area is 137 Å². The zero-order valence-electron chi connectivity index (χ0n) is 13.3. The van der Waals surface area contributed by atoms with Crippen molar-refractivity contribution >= 4 is 22.1 Å². The highest BCUT2D eigenvalue weighted by Gasteiger charge is 2.30. The molecule has 3 aromatic rings. The number of hydrogen-bond donors (Lipinski definition) is 0. The highest BCUT2D eigenvalue weighted by atomic mass is 19.4. The van der Waals surface area contributed by atoms with Gasteiger partial charge in [-0.05, 0) is 43.4 Å². The number of rotatable bonds is 1. The minimum atomic E-state index is -4.33. The van der Waals surface area contributed by atoms with Crippen molar-refractivity contribution in [2.45, 2.75) is 6.18 Å². The fraction of sp³-hybridized carbons (Fsp3) is 0.333. The van der Waals surface area contributed by atoms with Gasteiger partial charge in [0.1, 0.15) is 0 Å². The van der Waals surface area contributed by atoms with Gasteiger partial charge in [0, 0.05) is 37.8 Å². The number of anilines is 1. The van der Waals surface area contributed by atoms with Gasteiger partial charge >= 0.3 is 6.18 Å². The third-order valence-corrected chi connectivity index (χ3v) is 4.76. The SMILES string of the molecule is CN1CCN(c2cc3cc(C(F)(F)F)ccc3n3cccc23)CC1. The molecule has 3 heterocycles. The van der Waals surface area contributed by atoms with E-state index in [4.69, 9.17) is 0 Å². The van der Waals surface area contributed by atoms with Crippen molar-refractivity contribution in [2.75, 3.05) is 38.1 Å². The van der Waals surface area contributed by atoms with E-state index in [2.05, 4.69) is 16.8 Å². The summed E-state index contributed by atoms with van der Waals surface area (Å²) in [5.74, 6) is 0. The summed E-state index contributed by atoms with van der Waals surface area (Å²) in [6.07, 6.45) is -2.42. The summed E-state index contributed by atoms with van der Waals surface area (Å²) in [4.78, 5) is 4.52. The molecule has 0 aliphatic carbocycles. The first-order valence-corrected chi connectivity index (χ1v) is 7.98. The van der Waals surface area contributed by atoms with Crippen LogP contribution in [0.4, 0.5) is 18.9 Å². The Morgan fingerprint density at radius 3 is 2.38 bits per heavy atom. The van der Waals surface area contributed by atoms with Gasteiger partial charge in [-0.3, -0.25) is 0 Å². The summed E-state index contributed by atoms with van der Waals surface area (Å²) in [5, 5.41) is 0.613. The van der Waals surface area contributed by atoms with Crippen molar-refractivity contribution in [1.82, 2.24) is 9.30 Å². The molecule has 24 heavy (non-hydrogen) atoms. The van der Waals surface area contributed by atoms with E-state index in [1.54, 1.807) is 6.07 Å². The lowest BCUT2D eigenvalue weighted by molar-refractivity contribution is -0.137. The van der Waals surface area contributed by atoms with Gasteiger partial charge in [0.25, 0.3) is 0 Å². The number of halogens is 3. The second-order valence-corrected chi connectivity index (χ2v) is 6.35. The minimum absolute atomic E-state index is 0.606. The lowest BCUT2D eigenvalue weighted by atomic mass is 10.1. The van der Waals surface area contributed by atoms with Crippen LogP contribution in [0.2, 0.25) is 0 Å². The second-order valence-electron chi connectivity index (χ2n) is 6.35. The summed E-state index contributed by atoms with van der Waals surface area (Å²) < 4.78 is 41.1. The Morgan fingerprint density at radius 1 is 0.917 bits per heavy atom. The van der Waals surface area contributed by atoms with E-state index in [9.17, 15) is 13.2 Å². The molecule has 1 aliphatic rings. The van der Waals surface area contributed by atoms with Crippen LogP contribution in [0, 0.1) is 0 Å². The van der Waals surface area contributed by atoms with Crippen molar-refractivity contribution in [3.63, 3.8) is 0 Å². The molecule has 1 aliphatic heterocycles. The fourth-order valence-electron chi connectivity index (χ4n) is 3.39. The molecule has 0 bridgehead atoms. The van der Waals surface area contributed by atoms with E-state index in [0.717, 1.165) is 49.0 Å². The average Bonchev–Trinajstić information content (AvgIpc) is 3.03. The van der Waals surface area contributed by atoms with Gasteiger partial charge in [-0.2, -0.15) is 13.2 Å². The molecule has 0 atom stereocenters. The van der Waals surface area contributed by atoms with E-state index < -0.39 is 11.7 Å². The van der Waals surface area contributed by atoms with Crippen LogP contribution in [-0.2, 0) is 6.18 Å². The predicted molar refractivity (Wildman–Crippen MR) is 89.6 cm³/mol. The Morgan fingerprint density at radius 2 is 1.67 bits per heavy atom. The summed E-state index contributed by atoms with van der Waals surface area (Å²) in [6.45, 7) is 3.66.